The number of benzene rings is 1. The highest BCUT2D eigenvalue weighted by atomic mass is 32.1. The Hall–Kier alpha value is -2.87. The summed E-state index contributed by atoms with van der Waals surface area (Å²) in [7, 11) is 4.32. The lowest BCUT2D eigenvalue weighted by molar-refractivity contribution is -0.141. The van der Waals surface area contributed by atoms with Gasteiger partial charge in [-0.15, -0.1) is 11.3 Å². The second-order valence-electron chi connectivity index (χ2n) is 5.92. The van der Waals surface area contributed by atoms with Crippen molar-refractivity contribution in [3.05, 3.63) is 46.2 Å². The molecule has 0 aliphatic carbocycles. The van der Waals surface area contributed by atoms with E-state index in [2.05, 4.69) is 5.32 Å². The molecule has 7 nitrogen and oxygen atoms in total. The first kappa shape index (κ1) is 21.4. The van der Waals surface area contributed by atoms with E-state index in [0.29, 0.717) is 21.9 Å². The number of nitrogens with one attached hydrogen (secondary N) is 1. The van der Waals surface area contributed by atoms with Crippen LogP contribution in [0, 0.1) is 0 Å². The van der Waals surface area contributed by atoms with Gasteiger partial charge in [0.1, 0.15) is 0 Å². The molecule has 1 heterocycles. The number of rotatable bonds is 10. The van der Waals surface area contributed by atoms with Crippen molar-refractivity contribution in [2.75, 3.05) is 21.3 Å². The van der Waals surface area contributed by atoms with Crippen LogP contribution in [0.1, 0.15) is 40.5 Å². The summed E-state index contributed by atoms with van der Waals surface area (Å²) >= 11 is 1.34. The number of thiophene rings is 1. The van der Waals surface area contributed by atoms with Crippen LogP contribution >= 0.6 is 11.3 Å². The molecule has 0 radical (unpaired) electrons. The zero-order chi connectivity index (χ0) is 20.5. The number of carbonyl (C=O) groups excluding carboxylic acids is 3. The van der Waals surface area contributed by atoms with Crippen molar-refractivity contribution in [1.82, 2.24) is 5.32 Å². The monoisotopic (exact) mass is 405 g/mol. The third kappa shape index (κ3) is 5.82. The van der Waals surface area contributed by atoms with Crippen LogP contribution in [0.3, 0.4) is 0 Å². The first-order chi connectivity index (χ1) is 13.5. The number of ketones is 1. The van der Waals surface area contributed by atoms with Crippen LogP contribution in [-0.4, -0.2) is 39.0 Å². The van der Waals surface area contributed by atoms with Crippen molar-refractivity contribution >= 4 is 29.0 Å². The summed E-state index contributed by atoms with van der Waals surface area (Å²) < 4.78 is 15.2. The van der Waals surface area contributed by atoms with Gasteiger partial charge in [-0.05, 0) is 29.1 Å². The Labute approximate surface area is 167 Å². The second-order valence-corrected chi connectivity index (χ2v) is 6.86. The molecule has 2 rings (SSSR count). The maximum Gasteiger partial charge on any atom is 0.307 e. The summed E-state index contributed by atoms with van der Waals surface area (Å²) in [5, 5.41) is 4.62. The summed E-state index contributed by atoms with van der Waals surface area (Å²) in [4.78, 5) is 36.9. The molecule has 28 heavy (non-hydrogen) atoms. The van der Waals surface area contributed by atoms with Crippen molar-refractivity contribution < 1.29 is 28.6 Å². The van der Waals surface area contributed by atoms with E-state index in [4.69, 9.17) is 14.2 Å². The van der Waals surface area contributed by atoms with Crippen LogP contribution < -0.4 is 14.8 Å². The molecule has 1 atom stereocenters. The van der Waals surface area contributed by atoms with Gasteiger partial charge in [0.15, 0.2) is 17.3 Å². The van der Waals surface area contributed by atoms with Crippen LogP contribution in [0.25, 0.3) is 0 Å². The molecule has 1 amide bonds. The quantitative estimate of drug-likeness (QED) is 0.482. The number of Topliss-reactive ketones (excluding diaryl/α,β-unsaturated/α-hetero) is 1. The van der Waals surface area contributed by atoms with E-state index in [1.54, 1.807) is 30.3 Å². The summed E-state index contributed by atoms with van der Waals surface area (Å²) in [6.45, 7) is 0. The SMILES string of the molecule is COC(=O)CC(NC(=O)CCC(=O)c1cccs1)c1ccc(OC)c(OC)c1. The van der Waals surface area contributed by atoms with Crippen molar-refractivity contribution in [2.24, 2.45) is 0 Å². The minimum absolute atomic E-state index is 0.0295. The summed E-state index contributed by atoms with van der Waals surface area (Å²) in [5.74, 6) is 0.150. The average Bonchev–Trinajstić information content (AvgIpc) is 3.25. The third-order valence-corrected chi connectivity index (χ3v) is 5.03. The van der Waals surface area contributed by atoms with E-state index in [-0.39, 0.29) is 31.0 Å². The van der Waals surface area contributed by atoms with Crippen molar-refractivity contribution in [1.29, 1.82) is 0 Å². The van der Waals surface area contributed by atoms with Crippen LogP contribution in [0.4, 0.5) is 0 Å². The Morgan fingerprint density at radius 3 is 2.39 bits per heavy atom. The Morgan fingerprint density at radius 1 is 1.04 bits per heavy atom. The minimum atomic E-state index is -0.614. The number of ether oxygens (including phenoxy) is 3. The van der Waals surface area contributed by atoms with Gasteiger partial charge in [-0.1, -0.05) is 12.1 Å². The Kier molecular flexibility index (Phi) is 8.01. The van der Waals surface area contributed by atoms with Crippen LogP contribution in [-0.2, 0) is 14.3 Å². The molecule has 2 aromatic rings. The van der Waals surface area contributed by atoms with E-state index in [9.17, 15) is 14.4 Å². The highest BCUT2D eigenvalue weighted by Gasteiger charge is 2.21. The Morgan fingerprint density at radius 2 is 1.79 bits per heavy atom. The molecule has 0 fully saturated rings. The first-order valence-corrected chi connectivity index (χ1v) is 9.51. The summed E-state index contributed by atoms with van der Waals surface area (Å²) in [6.07, 6.45) is 0.0848. The number of carbonyl (C=O) groups is 3. The molecule has 150 valence electrons. The Balaban J connectivity index is 2.09. The van der Waals surface area contributed by atoms with Gasteiger partial charge in [-0.3, -0.25) is 14.4 Å². The van der Waals surface area contributed by atoms with E-state index >= 15 is 0 Å². The Bertz CT molecular complexity index is 818. The number of methoxy groups -OCH3 is 3. The zero-order valence-corrected chi connectivity index (χ0v) is 16.8. The predicted octanol–water partition coefficient (Wildman–Crippen LogP) is 3.15. The van der Waals surface area contributed by atoms with Crippen LogP contribution in [0.2, 0.25) is 0 Å². The third-order valence-electron chi connectivity index (χ3n) is 4.12. The van der Waals surface area contributed by atoms with E-state index in [0.717, 1.165) is 0 Å². The molecular formula is C20H23NO6S. The minimum Gasteiger partial charge on any atom is -0.493 e. The average molecular weight is 405 g/mol. The van der Waals surface area contributed by atoms with E-state index in [1.165, 1.54) is 32.7 Å². The molecule has 1 N–H and O–H groups in total. The number of hydrogen-bond acceptors (Lipinski definition) is 7. The zero-order valence-electron chi connectivity index (χ0n) is 16.0. The molecule has 1 aromatic carbocycles. The summed E-state index contributed by atoms with van der Waals surface area (Å²) in [5.41, 5.74) is 0.668. The first-order valence-electron chi connectivity index (χ1n) is 8.63. The van der Waals surface area contributed by atoms with Gasteiger partial charge in [0, 0.05) is 12.8 Å². The fourth-order valence-electron chi connectivity index (χ4n) is 2.63. The lowest BCUT2D eigenvalue weighted by atomic mass is 10.0. The molecule has 0 saturated heterocycles. The largest absolute Gasteiger partial charge is 0.493 e. The van der Waals surface area contributed by atoms with Gasteiger partial charge in [-0.25, -0.2) is 0 Å². The molecule has 0 spiro atoms. The molecule has 0 bridgehead atoms. The normalized spacial score (nSPS) is 11.4. The van der Waals surface area contributed by atoms with Gasteiger partial charge in [-0.2, -0.15) is 0 Å². The van der Waals surface area contributed by atoms with Gasteiger partial charge in [0.05, 0.1) is 38.7 Å². The van der Waals surface area contributed by atoms with Gasteiger partial charge in [0.25, 0.3) is 0 Å². The maximum absolute atomic E-state index is 12.4. The van der Waals surface area contributed by atoms with Crippen LogP contribution in [0.15, 0.2) is 35.7 Å². The number of hydrogen-bond donors (Lipinski definition) is 1. The fraction of sp³-hybridized carbons (Fsp3) is 0.350. The van der Waals surface area contributed by atoms with Crippen molar-refractivity contribution in [3.63, 3.8) is 0 Å². The van der Waals surface area contributed by atoms with Gasteiger partial charge in [0.2, 0.25) is 5.91 Å². The molecule has 1 aromatic heterocycles. The van der Waals surface area contributed by atoms with E-state index in [1.807, 2.05) is 5.38 Å². The molecule has 0 saturated carbocycles. The highest BCUT2D eigenvalue weighted by Crippen LogP contribution is 2.31. The second kappa shape index (κ2) is 10.5. The summed E-state index contributed by atoms with van der Waals surface area (Å²) in [6, 6.07) is 8.05. The highest BCUT2D eigenvalue weighted by molar-refractivity contribution is 7.12. The maximum atomic E-state index is 12.4. The predicted molar refractivity (Wildman–Crippen MR) is 105 cm³/mol. The fourth-order valence-corrected chi connectivity index (χ4v) is 3.32. The molecule has 0 aliphatic rings. The molecule has 0 aliphatic heterocycles. The standard InChI is InChI=1S/C20H23NO6S/c1-25-16-8-6-13(11-17(16)26-2)14(12-20(24)27-3)21-19(23)9-7-15(22)18-5-4-10-28-18/h4-6,8,10-11,14H,7,9,12H2,1-3H3,(H,21,23). The van der Waals surface area contributed by atoms with Crippen molar-refractivity contribution in [3.8, 4) is 11.5 Å². The van der Waals surface area contributed by atoms with Gasteiger partial charge >= 0.3 is 5.97 Å². The lowest BCUT2D eigenvalue weighted by Crippen LogP contribution is -2.30. The molecule has 1 unspecified atom stereocenters. The van der Waals surface area contributed by atoms with E-state index < -0.39 is 12.0 Å². The number of amides is 1. The van der Waals surface area contributed by atoms with Crippen LogP contribution in [0.5, 0.6) is 11.5 Å². The van der Waals surface area contributed by atoms with Gasteiger partial charge < -0.3 is 19.5 Å². The number of esters is 1. The smallest absolute Gasteiger partial charge is 0.307 e. The molecule has 8 heteroatoms. The van der Waals surface area contributed by atoms with Crippen molar-refractivity contribution in [2.45, 2.75) is 25.3 Å². The molecular weight excluding hydrogens is 382 g/mol. The topological polar surface area (TPSA) is 90.9 Å². The lowest BCUT2D eigenvalue weighted by Gasteiger charge is -2.19.